The molecule has 0 nitrogen and oxygen atoms in total. The summed E-state index contributed by atoms with van der Waals surface area (Å²) < 4.78 is 4.01. The zero-order chi connectivity index (χ0) is 12.4. The molecule has 19 heavy (non-hydrogen) atoms. The van der Waals surface area contributed by atoms with Crippen LogP contribution < -0.4 is 0 Å². The number of hydrogen-bond donors (Lipinski definition) is 0. The van der Waals surface area contributed by atoms with Gasteiger partial charge in [-0.25, -0.2) is 0 Å². The fourth-order valence-corrected chi connectivity index (χ4v) is 11.8. The molecule has 1 aromatic heterocycles. The van der Waals surface area contributed by atoms with Crippen molar-refractivity contribution < 1.29 is 0 Å². The molecule has 4 fully saturated rings. The Kier molecular flexibility index (Phi) is 2.67. The number of rotatable bonds is 1. The van der Waals surface area contributed by atoms with Gasteiger partial charge in [-0.1, -0.05) is 0 Å². The summed E-state index contributed by atoms with van der Waals surface area (Å²) in [4.78, 5) is 0. The van der Waals surface area contributed by atoms with Crippen LogP contribution in [0.2, 0.25) is 0 Å². The summed E-state index contributed by atoms with van der Waals surface area (Å²) in [6, 6.07) is 0. The summed E-state index contributed by atoms with van der Waals surface area (Å²) in [7, 11) is 1.75. The van der Waals surface area contributed by atoms with Crippen molar-refractivity contribution in [3.05, 3.63) is 13.9 Å². The Hall–Kier alpha value is 0.429. The average Bonchev–Trinajstić information content (AvgIpc) is 2.81. The van der Waals surface area contributed by atoms with Crippen LogP contribution in [0.5, 0.6) is 0 Å². The van der Waals surface area contributed by atoms with Gasteiger partial charge >= 0.3 is 124 Å². The fraction of sp³-hybridized carbons (Fsp3) is 0.824. The minimum atomic E-state index is 0.758. The van der Waals surface area contributed by atoms with Gasteiger partial charge in [-0.2, -0.15) is 0 Å². The summed E-state index contributed by atoms with van der Waals surface area (Å²) in [5.41, 5.74) is 0.758. The van der Waals surface area contributed by atoms with Crippen LogP contribution in [0.4, 0.5) is 0 Å². The molecule has 0 N–H and O–H groups in total. The second kappa shape index (κ2) is 4.22. The first-order chi connectivity index (χ1) is 9.31. The van der Waals surface area contributed by atoms with E-state index in [-0.39, 0.29) is 0 Å². The molecular formula is C17H23PSe. The van der Waals surface area contributed by atoms with E-state index in [4.69, 9.17) is 0 Å². The summed E-state index contributed by atoms with van der Waals surface area (Å²) in [6.07, 6.45) is 15.5. The zero-order valence-corrected chi connectivity index (χ0v) is 14.3. The molecule has 4 bridgehead atoms. The van der Waals surface area contributed by atoms with E-state index >= 15 is 0 Å². The molecule has 0 radical (unpaired) electrons. The van der Waals surface area contributed by atoms with Crippen molar-refractivity contribution in [1.82, 2.24) is 0 Å². The van der Waals surface area contributed by atoms with E-state index in [9.17, 15) is 0 Å². The normalized spacial score (nSPS) is 43.9. The van der Waals surface area contributed by atoms with Crippen LogP contribution in [0.15, 0.2) is 0 Å². The van der Waals surface area contributed by atoms with Crippen LogP contribution in [-0.2, 0) is 18.3 Å². The Morgan fingerprint density at radius 3 is 2.16 bits per heavy atom. The zero-order valence-electron chi connectivity index (χ0n) is 11.7. The molecular weight excluding hydrogens is 314 g/mol. The Balaban J connectivity index is 1.56. The van der Waals surface area contributed by atoms with E-state index in [0.29, 0.717) is 0 Å². The second-order valence-corrected chi connectivity index (χ2v) is 12.0. The van der Waals surface area contributed by atoms with E-state index in [1.807, 2.05) is 9.73 Å². The van der Waals surface area contributed by atoms with Gasteiger partial charge < -0.3 is 0 Å². The molecule has 2 heteroatoms. The van der Waals surface area contributed by atoms with E-state index < -0.39 is 0 Å². The van der Waals surface area contributed by atoms with Gasteiger partial charge in [0.05, 0.1) is 0 Å². The first-order valence-corrected chi connectivity index (χ1v) is 10.9. The van der Waals surface area contributed by atoms with E-state index in [1.165, 1.54) is 25.7 Å². The average molecular weight is 337 g/mol. The molecule has 102 valence electrons. The van der Waals surface area contributed by atoms with Gasteiger partial charge in [0, 0.05) is 0 Å². The van der Waals surface area contributed by atoms with E-state index in [1.54, 1.807) is 46.7 Å². The Morgan fingerprint density at radius 2 is 1.53 bits per heavy atom. The Bertz CT molecular complexity index is 457. The third-order valence-electron chi connectivity index (χ3n) is 6.34. The first kappa shape index (κ1) is 12.0. The van der Waals surface area contributed by atoms with Crippen molar-refractivity contribution in [2.45, 2.75) is 69.6 Å². The second-order valence-electron chi connectivity index (χ2n) is 7.79. The third-order valence-corrected chi connectivity index (χ3v) is 11.9. The Morgan fingerprint density at radius 1 is 0.895 bits per heavy atom. The molecule has 6 rings (SSSR count). The van der Waals surface area contributed by atoms with Crippen LogP contribution in [0.3, 0.4) is 0 Å². The third kappa shape index (κ3) is 1.81. The monoisotopic (exact) mass is 338 g/mol. The van der Waals surface area contributed by atoms with Gasteiger partial charge in [0.1, 0.15) is 0 Å². The maximum atomic E-state index is 2.06. The topological polar surface area (TPSA) is 0 Å². The standard InChI is InChI=1S/C17H23PSe/c1-2-4-15-14(3-1)18-16(19-15)17-8-11-5-12(9-17)7-13(6-11)10-17/h11-13H,1-10H2. The van der Waals surface area contributed by atoms with Crippen molar-refractivity contribution in [3.63, 3.8) is 0 Å². The quantitative estimate of drug-likeness (QED) is 0.653. The summed E-state index contributed by atoms with van der Waals surface area (Å²) in [5, 5.41) is 1.90. The molecule has 0 spiro atoms. The molecule has 0 atom stereocenters. The molecule has 1 heterocycles. The SMILES string of the molecule is C1CCc2[se]c(C34CC5CC(CC(C5)C3)C4)pc2C1. The molecule has 0 unspecified atom stereocenters. The molecule has 0 amide bonds. The van der Waals surface area contributed by atoms with Crippen molar-refractivity contribution in [1.29, 1.82) is 0 Å². The van der Waals surface area contributed by atoms with Gasteiger partial charge in [0.2, 0.25) is 0 Å². The van der Waals surface area contributed by atoms with E-state index in [2.05, 4.69) is 4.17 Å². The Labute approximate surface area is 124 Å². The molecule has 4 saturated carbocycles. The van der Waals surface area contributed by atoms with Gasteiger partial charge in [-0.05, 0) is 0 Å². The predicted octanol–water partition coefficient (Wildman–Crippen LogP) is 4.67. The van der Waals surface area contributed by atoms with Crippen molar-refractivity contribution in [3.8, 4) is 0 Å². The van der Waals surface area contributed by atoms with Gasteiger partial charge in [-0.15, -0.1) is 0 Å². The summed E-state index contributed by atoms with van der Waals surface area (Å²) in [6.45, 7) is 0. The molecule has 5 aliphatic rings. The molecule has 0 aliphatic heterocycles. The van der Waals surface area contributed by atoms with Gasteiger partial charge in [0.15, 0.2) is 0 Å². The minimum absolute atomic E-state index is 0.758. The molecule has 0 aromatic carbocycles. The van der Waals surface area contributed by atoms with Crippen molar-refractivity contribution >= 4 is 22.7 Å². The number of fused-ring (bicyclic) bond motifs is 1. The van der Waals surface area contributed by atoms with Crippen molar-refractivity contribution in [2.75, 3.05) is 0 Å². The fourth-order valence-electron chi connectivity index (χ4n) is 5.95. The molecule has 5 aliphatic carbocycles. The van der Waals surface area contributed by atoms with Gasteiger partial charge in [0.25, 0.3) is 0 Å². The first-order valence-electron chi connectivity index (χ1n) is 8.30. The number of hydrogen-bond acceptors (Lipinski definition) is 0. The van der Waals surface area contributed by atoms with Crippen LogP contribution in [-0.4, -0.2) is 14.5 Å². The molecule has 0 saturated heterocycles. The van der Waals surface area contributed by atoms with E-state index in [0.717, 1.165) is 37.7 Å². The van der Waals surface area contributed by atoms with Crippen molar-refractivity contribution in [2.24, 2.45) is 17.8 Å². The summed E-state index contributed by atoms with van der Waals surface area (Å²) in [5.74, 6) is 3.38. The van der Waals surface area contributed by atoms with Crippen LogP contribution in [0.1, 0.15) is 65.3 Å². The van der Waals surface area contributed by atoms with Crippen LogP contribution in [0.25, 0.3) is 0 Å². The summed E-state index contributed by atoms with van der Waals surface area (Å²) >= 11 is 0.809. The number of aryl methyl sites for hydroxylation is 2. The maximum absolute atomic E-state index is 2.06. The van der Waals surface area contributed by atoms with Crippen LogP contribution in [0, 0.1) is 17.8 Å². The molecule has 1 aromatic rings. The predicted molar refractivity (Wildman–Crippen MR) is 82.4 cm³/mol. The van der Waals surface area contributed by atoms with Crippen LogP contribution >= 0.6 is 8.19 Å². The van der Waals surface area contributed by atoms with Gasteiger partial charge in [-0.3, -0.25) is 0 Å².